The van der Waals surface area contributed by atoms with E-state index in [0.717, 1.165) is 5.56 Å². The Morgan fingerprint density at radius 3 is 2.31 bits per heavy atom. The number of ether oxygens (including phenoxy) is 3. The fourth-order valence-electron chi connectivity index (χ4n) is 1.21. The van der Waals surface area contributed by atoms with Crippen LogP contribution in [0.3, 0.4) is 0 Å². The lowest BCUT2D eigenvalue weighted by Gasteiger charge is -2.14. The van der Waals surface area contributed by atoms with Crippen molar-refractivity contribution < 1.29 is 14.2 Å². The number of hydrogen-bond donors (Lipinski definition) is 0. The van der Waals surface area contributed by atoms with Gasteiger partial charge in [0.2, 0.25) is 5.88 Å². The molecule has 0 aliphatic rings. The number of nitrogens with zero attached hydrogens (tertiary/aromatic N) is 1. The van der Waals surface area contributed by atoms with E-state index in [0.29, 0.717) is 12.3 Å². The second-order valence-electron chi connectivity index (χ2n) is 2.78. The standard InChI is InChI=1S/C10H15NO3.C2H6/c1-12-9(13-2)7-8-5-4-6-11-10(8)14-3;1-2/h4-6,9H,7H2,1-3H3;1-2H3. The topological polar surface area (TPSA) is 40.6 Å². The van der Waals surface area contributed by atoms with E-state index in [9.17, 15) is 0 Å². The van der Waals surface area contributed by atoms with Crippen molar-refractivity contribution in [2.75, 3.05) is 21.3 Å². The first-order valence-corrected chi connectivity index (χ1v) is 5.35. The van der Waals surface area contributed by atoms with Gasteiger partial charge in [-0.3, -0.25) is 0 Å². The summed E-state index contributed by atoms with van der Waals surface area (Å²) in [6, 6.07) is 3.80. The van der Waals surface area contributed by atoms with Crippen molar-refractivity contribution in [3.05, 3.63) is 23.9 Å². The Morgan fingerprint density at radius 2 is 1.81 bits per heavy atom. The molecule has 1 aromatic heterocycles. The van der Waals surface area contributed by atoms with Crippen LogP contribution >= 0.6 is 0 Å². The minimum Gasteiger partial charge on any atom is -0.481 e. The molecule has 0 saturated heterocycles. The normalized spacial score (nSPS) is 9.62. The maximum Gasteiger partial charge on any atom is 0.216 e. The summed E-state index contributed by atoms with van der Waals surface area (Å²) in [7, 11) is 4.81. The second-order valence-corrected chi connectivity index (χ2v) is 2.78. The van der Waals surface area contributed by atoms with Crippen LogP contribution in [-0.2, 0) is 15.9 Å². The molecule has 16 heavy (non-hydrogen) atoms. The molecule has 4 nitrogen and oxygen atoms in total. The molecule has 1 rings (SSSR count). The molecule has 0 aromatic carbocycles. The summed E-state index contributed by atoms with van der Waals surface area (Å²) in [5.74, 6) is 0.617. The third kappa shape index (κ3) is 4.59. The van der Waals surface area contributed by atoms with Gasteiger partial charge in [-0.25, -0.2) is 4.98 Å². The lowest BCUT2D eigenvalue weighted by molar-refractivity contribution is -0.100. The monoisotopic (exact) mass is 227 g/mol. The third-order valence-corrected chi connectivity index (χ3v) is 1.96. The van der Waals surface area contributed by atoms with Crippen LogP contribution in [0.5, 0.6) is 5.88 Å². The van der Waals surface area contributed by atoms with Crippen LogP contribution in [0.25, 0.3) is 0 Å². The van der Waals surface area contributed by atoms with E-state index in [1.54, 1.807) is 27.5 Å². The Balaban J connectivity index is 0.00000106. The average Bonchev–Trinajstić information content (AvgIpc) is 2.38. The zero-order valence-electron chi connectivity index (χ0n) is 10.7. The van der Waals surface area contributed by atoms with Crippen molar-refractivity contribution in [2.24, 2.45) is 0 Å². The average molecular weight is 227 g/mol. The van der Waals surface area contributed by atoms with E-state index >= 15 is 0 Å². The SMILES string of the molecule is CC.COc1ncccc1CC(OC)OC. The molecule has 92 valence electrons. The molecule has 4 heteroatoms. The summed E-state index contributed by atoms with van der Waals surface area (Å²) >= 11 is 0. The van der Waals surface area contributed by atoms with Gasteiger partial charge < -0.3 is 14.2 Å². The van der Waals surface area contributed by atoms with Crippen molar-refractivity contribution in [2.45, 2.75) is 26.6 Å². The van der Waals surface area contributed by atoms with Gasteiger partial charge in [0, 0.05) is 32.4 Å². The van der Waals surface area contributed by atoms with E-state index in [-0.39, 0.29) is 6.29 Å². The number of rotatable bonds is 5. The van der Waals surface area contributed by atoms with Gasteiger partial charge in [-0.05, 0) is 6.07 Å². The Hall–Kier alpha value is -1.13. The Labute approximate surface area is 97.6 Å². The molecule has 0 radical (unpaired) electrons. The highest BCUT2D eigenvalue weighted by molar-refractivity contribution is 5.25. The van der Waals surface area contributed by atoms with Gasteiger partial charge in [0.05, 0.1) is 7.11 Å². The van der Waals surface area contributed by atoms with E-state index in [2.05, 4.69) is 4.98 Å². The molecular weight excluding hydrogens is 206 g/mol. The zero-order chi connectivity index (χ0) is 12.4. The first-order chi connectivity index (χ1) is 7.81. The zero-order valence-corrected chi connectivity index (χ0v) is 10.7. The Kier molecular flexibility index (Phi) is 8.48. The number of pyridine rings is 1. The first kappa shape index (κ1) is 14.9. The van der Waals surface area contributed by atoms with Crippen molar-refractivity contribution in [3.63, 3.8) is 0 Å². The van der Waals surface area contributed by atoms with Crippen molar-refractivity contribution >= 4 is 0 Å². The molecule has 0 atom stereocenters. The van der Waals surface area contributed by atoms with Gasteiger partial charge >= 0.3 is 0 Å². The minimum absolute atomic E-state index is 0.256. The highest BCUT2D eigenvalue weighted by Gasteiger charge is 2.10. The van der Waals surface area contributed by atoms with Crippen LogP contribution in [0.2, 0.25) is 0 Å². The maximum absolute atomic E-state index is 5.11. The smallest absolute Gasteiger partial charge is 0.216 e. The summed E-state index contributed by atoms with van der Waals surface area (Å²) < 4.78 is 15.3. The summed E-state index contributed by atoms with van der Waals surface area (Å²) in [5.41, 5.74) is 0.976. The summed E-state index contributed by atoms with van der Waals surface area (Å²) in [6.07, 6.45) is 2.06. The Morgan fingerprint density at radius 1 is 1.19 bits per heavy atom. The van der Waals surface area contributed by atoms with E-state index in [1.807, 2.05) is 26.0 Å². The summed E-state index contributed by atoms with van der Waals surface area (Å²) in [4.78, 5) is 4.09. The quantitative estimate of drug-likeness (QED) is 0.724. The highest BCUT2D eigenvalue weighted by atomic mass is 16.7. The molecule has 0 aliphatic carbocycles. The molecule has 1 heterocycles. The molecule has 1 aromatic rings. The lowest BCUT2D eigenvalue weighted by Crippen LogP contribution is -2.16. The molecule has 0 saturated carbocycles. The first-order valence-electron chi connectivity index (χ1n) is 5.35. The van der Waals surface area contributed by atoms with Gasteiger partial charge in [-0.15, -0.1) is 0 Å². The molecule has 0 unspecified atom stereocenters. The molecule has 0 N–H and O–H groups in total. The Bertz CT molecular complexity index is 275. The third-order valence-electron chi connectivity index (χ3n) is 1.96. The van der Waals surface area contributed by atoms with E-state index < -0.39 is 0 Å². The van der Waals surface area contributed by atoms with Crippen LogP contribution in [0.15, 0.2) is 18.3 Å². The minimum atomic E-state index is -0.256. The van der Waals surface area contributed by atoms with Gasteiger partial charge in [0.15, 0.2) is 6.29 Å². The summed E-state index contributed by atoms with van der Waals surface area (Å²) in [6.45, 7) is 4.00. The molecular formula is C12H21NO3. The number of methoxy groups -OCH3 is 3. The predicted octanol–water partition coefficient (Wildman–Crippen LogP) is 2.28. The molecule has 0 spiro atoms. The molecule has 0 bridgehead atoms. The van der Waals surface area contributed by atoms with Gasteiger partial charge in [0.1, 0.15) is 0 Å². The number of aromatic nitrogens is 1. The van der Waals surface area contributed by atoms with Crippen LogP contribution in [0.1, 0.15) is 19.4 Å². The second kappa shape index (κ2) is 9.12. The van der Waals surface area contributed by atoms with Crippen LogP contribution in [-0.4, -0.2) is 32.6 Å². The van der Waals surface area contributed by atoms with E-state index in [1.165, 1.54) is 0 Å². The van der Waals surface area contributed by atoms with Crippen molar-refractivity contribution in [3.8, 4) is 5.88 Å². The van der Waals surface area contributed by atoms with Gasteiger partial charge in [-0.2, -0.15) is 0 Å². The fraction of sp³-hybridized carbons (Fsp3) is 0.583. The maximum atomic E-state index is 5.11. The van der Waals surface area contributed by atoms with Gasteiger partial charge in [0.25, 0.3) is 0 Å². The predicted molar refractivity (Wildman–Crippen MR) is 63.6 cm³/mol. The van der Waals surface area contributed by atoms with Crippen LogP contribution in [0.4, 0.5) is 0 Å². The molecule has 0 fully saturated rings. The van der Waals surface area contributed by atoms with Crippen LogP contribution in [0, 0.1) is 0 Å². The van der Waals surface area contributed by atoms with Crippen molar-refractivity contribution in [1.29, 1.82) is 0 Å². The summed E-state index contributed by atoms with van der Waals surface area (Å²) in [5, 5.41) is 0. The number of hydrogen-bond acceptors (Lipinski definition) is 4. The van der Waals surface area contributed by atoms with Crippen LogP contribution < -0.4 is 4.74 Å². The van der Waals surface area contributed by atoms with Gasteiger partial charge in [-0.1, -0.05) is 19.9 Å². The molecule has 0 amide bonds. The largest absolute Gasteiger partial charge is 0.481 e. The van der Waals surface area contributed by atoms with E-state index in [4.69, 9.17) is 14.2 Å². The lowest BCUT2D eigenvalue weighted by atomic mass is 10.2. The van der Waals surface area contributed by atoms with Crippen molar-refractivity contribution in [1.82, 2.24) is 4.98 Å². The highest BCUT2D eigenvalue weighted by Crippen LogP contribution is 2.16. The molecule has 0 aliphatic heterocycles. The fourth-order valence-corrected chi connectivity index (χ4v) is 1.21.